The minimum absolute atomic E-state index is 0.0302. The second-order valence-corrected chi connectivity index (χ2v) is 10.3. The molecular formula is C22H30O12S2. The summed E-state index contributed by atoms with van der Waals surface area (Å²) in [7, 11) is -10.2. The van der Waals surface area contributed by atoms with E-state index in [1.165, 1.54) is 0 Å². The van der Waals surface area contributed by atoms with Crippen LogP contribution in [-0.2, 0) is 32.0 Å². The number of phenolic OH excluding ortho intramolecular Hbond substituents is 1. The largest absolute Gasteiger partial charge is 0.504 e. The molecule has 0 radical (unpaired) electrons. The maximum Gasteiger partial charge on any atom is 0.446 e. The lowest BCUT2D eigenvalue weighted by molar-refractivity contribution is -0.141. The van der Waals surface area contributed by atoms with Gasteiger partial charge < -0.3 is 18.6 Å². The molecule has 36 heavy (non-hydrogen) atoms. The molecule has 0 heterocycles. The van der Waals surface area contributed by atoms with Crippen molar-refractivity contribution in [3.8, 4) is 17.2 Å². The van der Waals surface area contributed by atoms with Crippen LogP contribution < -0.4 is 8.37 Å². The minimum Gasteiger partial charge on any atom is -0.504 e. The number of phenols is 1. The van der Waals surface area contributed by atoms with Crippen molar-refractivity contribution >= 4 is 33.1 Å². The fourth-order valence-electron chi connectivity index (χ4n) is 3.19. The fraction of sp³-hybridized carbons (Fsp3) is 0.455. The molecule has 0 aromatic heterocycles. The van der Waals surface area contributed by atoms with E-state index in [0.717, 1.165) is 30.1 Å². The maximum absolute atomic E-state index is 11.5. The van der Waals surface area contributed by atoms with E-state index in [9.17, 15) is 31.5 Å². The second-order valence-electron chi connectivity index (χ2n) is 8.24. The molecule has 0 aliphatic carbocycles. The molecule has 12 nitrogen and oxygen atoms in total. The van der Waals surface area contributed by atoms with Gasteiger partial charge in [-0.15, -0.1) is 0 Å². The molecule has 1 aromatic carbocycles. The summed E-state index contributed by atoms with van der Waals surface area (Å²) in [5.74, 6) is -3.93. The molecule has 0 aliphatic heterocycles. The molecule has 0 saturated carbocycles. The van der Waals surface area contributed by atoms with Gasteiger partial charge in [0.25, 0.3) is 0 Å². The predicted octanol–water partition coefficient (Wildman–Crippen LogP) is 3.67. The number of carbonyl (C=O) groups is 2. The molecule has 0 amide bonds. The van der Waals surface area contributed by atoms with E-state index in [1.807, 2.05) is 13.0 Å². The summed E-state index contributed by atoms with van der Waals surface area (Å²) >= 11 is 0. The van der Waals surface area contributed by atoms with Crippen LogP contribution in [0.15, 0.2) is 29.4 Å². The van der Waals surface area contributed by atoms with E-state index < -0.39 is 55.5 Å². The Kier molecular flexibility index (Phi) is 11.6. The van der Waals surface area contributed by atoms with Crippen LogP contribution in [0.4, 0.5) is 0 Å². The Morgan fingerprint density at radius 1 is 1.03 bits per heavy atom. The summed E-state index contributed by atoms with van der Waals surface area (Å²) in [6.07, 6.45) is 6.82. The molecule has 0 bridgehead atoms. The lowest BCUT2D eigenvalue weighted by Gasteiger charge is -2.14. The lowest BCUT2D eigenvalue weighted by Crippen LogP contribution is -2.12. The Morgan fingerprint density at radius 2 is 1.61 bits per heavy atom. The highest BCUT2D eigenvalue weighted by atomic mass is 32.3. The molecule has 1 atom stereocenters. The van der Waals surface area contributed by atoms with Gasteiger partial charge in [0.2, 0.25) is 0 Å². The Hall–Kier alpha value is -2.94. The van der Waals surface area contributed by atoms with E-state index in [0.29, 0.717) is 19.3 Å². The minimum atomic E-state index is -5.12. The van der Waals surface area contributed by atoms with Crippen LogP contribution in [0.25, 0.3) is 0 Å². The standard InChI is InChI=1S/C22H30O12S2/c1-14(8-5-9-16(3)22(25)26)6-4-7-15(2)10-11-17-12-19(33-35(27,28)29)20(24)18(13-23)21(17)34-36(30,31)32/h6,10,12-13,16,24H,4-5,7-9,11H2,1-3H3,(H,25,26)(H,27,28,29)(H,30,31,32)/t16-/m0/s1. The molecule has 1 rings (SSSR count). The number of hydrogen-bond acceptors (Lipinski definition) is 9. The van der Waals surface area contributed by atoms with Crippen molar-refractivity contribution in [2.24, 2.45) is 5.92 Å². The quantitative estimate of drug-likeness (QED) is 0.140. The van der Waals surface area contributed by atoms with E-state index >= 15 is 0 Å². The van der Waals surface area contributed by atoms with Crippen LogP contribution >= 0.6 is 0 Å². The number of allylic oxidation sites excluding steroid dienone is 4. The van der Waals surface area contributed by atoms with E-state index in [2.05, 4.69) is 8.37 Å². The van der Waals surface area contributed by atoms with E-state index in [1.54, 1.807) is 19.9 Å². The van der Waals surface area contributed by atoms with Crippen molar-refractivity contribution in [2.75, 3.05) is 0 Å². The summed E-state index contributed by atoms with van der Waals surface area (Å²) in [5.41, 5.74) is 0.982. The summed E-state index contributed by atoms with van der Waals surface area (Å²) in [6.45, 7) is 5.38. The van der Waals surface area contributed by atoms with Crippen LogP contribution in [0.1, 0.15) is 68.8 Å². The monoisotopic (exact) mass is 550 g/mol. The molecule has 0 aliphatic rings. The van der Waals surface area contributed by atoms with Gasteiger partial charge in [-0.25, -0.2) is 0 Å². The van der Waals surface area contributed by atoms with Gasteiger partial charge in [0.1, 0.15) is 5.56 Å². The third-order valence-electron chi connectivity index (χ3n) is 5.16. The Morgan fingerprint density at radius 3 is 2.14 bits per heavy atom. The smallest absolute Gasteiger partial charge is 0.446 e. The van der Waals surface area contributed by atoms with Crippen LogP contribution in [0.2, 0.25) is 0 Å². The van der Waals surface area contributed by atoms with Crippen molar-refractivity contribution in [2.45, 2.75) is 59.3 Å². The Labute approximate surface area is 210 Å². The number of aliphatic carboxylic acids is 1. The average molecular weight is 551 g/mol. The first-order chi connectivity index (χ1) is 16.5. The number of aldehydes is 1. The zero-order valence-electron chi connectivity index (χ0n) is 20.0. The summed E-state index contributed by atoms with van der Waals surface area (Å²) < 4.78 is 71.3. The van der Waals surface area contributed by atoms with Gasteiger partial charge in [0.15, 0.2) is 23.5 Å². The van der Waals surface area contributed by atoms with Gasteiger partial charge in [-0.2, -0.15) is 16.8 Å². The van der Waals surface area contributed by atoms with Gasteiger partial charge in [0, 0.05) is 5.56 Å². The molecule has 4 N–H and O–H groups in total. The number of carboxylic acids is 1. The highest BCUT2D eigenvalue weighted by molar-refractivity contribution is 7.81. The Bertz CT molecular complexity index is 1230. The van der Waals surface area contributed by atoms with E-state index in [4.69, 9.17) is 14.2 Å². The first kappa shape index (κ1) is 31.1. The SMILES string of the molecule is CC(=CCc1cc(OS(=O)(=O)O)c(O)c(C=O)c1OS(=O)(=O)O)CCC=C(C)CCC[C@H](C)C(=O)O. The van der Waals surface area contributed by atoms with Gasteiger partial charge in [-0.1, -0.05) is 30.2 Å². The molecule has 1 aromatic rings. The fourth-order valence-corrected chi connectivity index (χ4v) is 3.95. The van der Waals surface area contributed by atoms with Crippen molar-refractivity contribution < 1.29 is 54.1 Å². The van der Waals surface area contributed by atoms with Crippen molar-refractivity contribution in [3.05, 3.63) is 40.5 Å². The molecule has 0 fully saturated rings. The first-order valence-corrected chi connectivity index (χ1v) is 13.5. The van der Waals surface area contributed by atoms with Gasteiger partial charge in [0.05, 0.1) is 5.92 Å². The van der Waals surface area contributed by atoms with Crippen LogP contribution in [0.3, 0.4) is 0 Å². The summed E-state index contributed by atoms with van der Waals surface area (Å²) in [6, 6.07) is 0.850. The molecular weight excluding hydrogens is 520 g/mol. The van der Waals surface area contributed by atoms with Crippen molar-refractivity contribution in [1.82, 2.24) is 0 Å². The molecule has 202 valence electrons. The van der Waals surface area contributed by atoms with Gasteiger partial charge >= 0.3 is 26.8 Å². The zero-order chi connectivity index (χ0) is 27.7. The highest BCUT2D eigenvalue weighted by Gasteiger charge is 2.25. The molecule has 0 spiro atoms. The highest BCUT2D eigenvalue weighted by Crippen LogP contribution is 2.40. The predicted molar refractivity (Wildman–Crippen MR) is 129 cm³/mol. The topological polar surface area (TPSA) is 202 Å². The number of hydrogen-bond donors (Lipinski definition) is 4. The summed E-state index contributed by atoms with van der Waals surface area (Å²) in [5, 5.41) is 19.0. The Balaban J connectivity index is 3.05. The van der Waals surface area contributed by atoms with Crippen LogP contribution in [-0.4, -0.2) is 48.4 Å². The first-order valence-electron chi connectivity index (χ1n) is 10.8. The molecule has 0 unspecified atom stereocenters. The van der Waals surface area contributed by atoms with E-state index in [-0.39, 0.29) is 18.3 Å². The normalized spacial score (nSPS) is 13.8. The third-order valence-corrected chi connectivity index (χ3v) is 5.93. The zero-order valence-corrected chi connectivity index (χ0v) is 21.6. The second kappa shape index (κ2) is 13.4. The lowest BCUT2D eigenvalue weighted by atomic mass is 10.00. The summed E-state index contributed by atoms with van der Waals surface area (Å²) in [4.78, 5) is 22.3. The van der Waals surface area contributed by atoms with Crippen molar-refractivity contribution in [1.29, 1.82) is 0 Å². The maximum atomic E-state index is 11.5. The number of carboxylic acid groups (broad SMARTS) is 1. The third kappa shape index (κ3) is 11.2. The average Bonchev–Trinajstić information content (AvgIpc) is 2.73. The van der Waals surface area contributed by atoms with Crippen LogP contribution in [0.5, 0.6) is 17.2 Å². The number of benzene rings is 1. The number of carbonyl (C=O) groups excluding carboxylic acids is 1. The number of aromatic hydroxyl groups is 1. The van der Waals surface area contributed by atoms with Crippen LogP contribution in [0, 0.1) is 5.92 Å². The molecule has 0 saturated heterocycles. The van der Waals surface area contributed by atoms with Gasteiger partial charge in [-0.05, 0) is 58.4 Å². The van der Waals surface area contributed by atoms with Gasteiger partial charge in [-0.3, -0.25) is 18.7 Å². The molecule has 14 heteroatoms. The van der Waals surface area contributed by atoms with Crippen molar-refractivity contribution in [3.63, 3.8) is 0 Å². The number of rotatable bonds is 15.